The molecule has 0 radical (unpaired) electrons. The molecule has 1 aromatic carbocycles. The average molecular weight is 299 g/mol. The Labute approximate surface area is 130 Å². The number of anilines is 1. The Hall–Kier alpha value is -2.30. The largest absolute Gasteiger partial charge is 0.497 e. The quantitative estimate of drug-likeness (QED) is 0.907. The van der Waals surface area contributed by atoms with E-state index in [-0.39, 0.29) is 11.8 Å². The summed E-state index contributed by atoms with van der Waals surface area (Å²) in [4.78, 5) is 12.4. The summed E-state index contributed by atoms with van der Waals surface area (Å²) < 4.78 is 5.26. The van der Waals surface area contributed by atoms with Gasteiger partial charge in [-0.05, 0) is 31.9 Å². The number of H-pyrrole nitrogens is 1. The molecule has 5 nitrogen and oxygen atoms in total. The number of carbonyl (C=O) groups is 1. The van der Waals surface area contributed by atoms with Gasteiger partial charge in [0.15, 0.2) is 0 Å². The standard InChI is InChI=1S/C17H21N3O2/c1-11-15(18-17(21)12-6-3-4-7-12)16(20-19-11)13-8-5-9-14(10-13)22-2/h5,8-10,12H,3-4,6-7H2,1-2H3,(H,18,21)(H,19,20). The van der Waals surface area contributed by atoms with Crippen LogP contribution < -0.4 is 10.1 Å². The summed E-state index contributed by atoms with van der Waals surface area (Å²) >= 11 is 0. The minimum atomic E-state index is 0.103. The third-order valence-electron chi connectivity index (χ3n) is 4.26. The fourth-order valence-corrected chi connectivity index (χ4v) is 2.97. The maximum Gasteiger partial charge on any atom is 0.227 e. The van der Waals surface area contributed by atoms with E-state index in [4.69, 9.17) is 4.74 Å². The predicted molar refractivity (Wildman–Crippen MR) is 85.9 cm³/mol. The molecule has 0 atom stereocenters. The van der Waals surface area contributed by atoms with E-state index in [0.717, 1.165) is 54.1 Å². The molecule has 0 spiro atoms. The van der Waals surface area contributed by atoms with Gasteiger partial charge in [0, 0.05) is 11.5 Å². The van der Waals surface area contributed by atoms with E-state index in [1.54, 1.807) is 7.11 Å². The number of benzene rings is 1. The third-order valence-corrected chi connectivity index (χ3v) is 4.26. The summed E-state index contributed by atoms with van der Waals surface area (Å²) in [6.07, 6.45) is 4.25. The summed E-state index contributed by atoms with van der Waals surface area (Å²) in [5.74, 6) is 1.00. The van der Waals surface area contributed by atoms with Gasteiger partial charge in [-0.2, -0.15) is 5.10 Å². The van der Waals surface area contributed by atoms with Crippen molar-refractivity contribution in [3.8, 4) is 17.0 Å². The Bertz CT molecular complexity index is 672. The van der Waals surface area contributed by atoms with Crippen LogP contribution in [0.1, 0.15) is 31.4 Å². The van der Waals surface area contributed by atoms with E-state index < -0.39 is 0 Å². The summed E-state index contributed by atoms with van der Waals surface area (Å²) in [7, 11) is 1.64. The minimum Gasteiger partial charge on any atom is -0.497 e. The van der Waals surface area contributed by atoms with Crippen molar-refractivity contribution in [3.63, 3.8) is 0 Å². The Morgan fingerprint density at radius 1 is 1.36 bits per heavy atom. The number of hydrogen-bond donors (Lipinski definition) is 2. The lowest BCUT2D eigenvalue weighted by molar-refractivity contribution is -0.119. The molecule has 1 fully saturated rings. The van der Waals surface area contributed by atoms with E-state index in [0.29, 0.717) is 0 Å². The number of nitrogens with zero attached hydrogens (tertiary/aromatic N) is 1. The van der Waals surface area contributed by atoms with Crippen LogP contribution in [0.2, 0.25) is 0 Å². The molecule has 0 aliphatic heterocycles. The van der Waals surface area contributed by atoms with Crippen LogP contribution in [0.3, 0.4) is 0 Å². The van der Waals surface area contributed by atoms with Crippen LogP contribution in [0, 0.1) is 12.8 Å². The van der Waals surface area contributed by atoms with Crippen molar-refractivity contribution >= 4 is 11.6 Å². The SMILES string of the molecule is COc1cccc(-c2n[nH]c(C)c2NC(=O)C2CCCC2)c1. The second-order valence-electron chi connectivity index (χ2n) is 5.77. The summed E-state index contributed by atoms with van der Waals surface area (Å²) in [6.45, 7) is 1.92. The fraction of sp³-hybridized carbons (Fsp3) is 0.412. The van der Waals surface area contributed by atoms with Gasteiger partial charge < -0.3 is 10.1 Å². The molecule has 1 amide bonds. The first-order valence-electron chi connectivity index (χ1n) is 7.69. The second kappa shape index (κ2) is 6.22. The number of methoxy groups -OCH3 is 1. The highest BCUT2D eigenvalue weighted by atomic mass is 16.5. The van der Waals surface area contributed by atoms with Gasteiger partial charge in [0.2, 0.25) is 5.91 Å². The number of carbonyl (C=O) groups excluding carboxylic acids is 1. The van der Waals surface area contributed by atoms with E-state index in [9.17, 15) is 4.79 Å². The molecule has 1 saturated carbocycles. The van der Waals surface area contributed by atoms with Gasteiger partial charge in [0.1, 0.15) is 11.4 Å². The van der Waals surface area contributed by atoms with Crippen LogP contribution in [0.25, 0.3) is 11.3 Å². The van der Waals surface area contributed by atoms with Crippen molar-refractivity contribution in [1.29, 1.82) is 0 Å². The lowest BCUT2D eigenvalue weighted by Crippen LogP contribution is -2.20. The average Bonchev–Trinajstić information content (AvgIpc) is 3.18. The zero-order chi connectivity index (χ0) is 15.5. The Morgan fingerprint density at radius 2 is 2.14 bits per heavy atom. The van der Waals surface area contributed by atoms with E-state index in [1.165, 1.54) is 0 Å². The minimum absolute atomic E-state index is 0.103. The van der Waals surface area contributed by atoms with Crippen LogP contribution in [0.5, 0.6) is 5.75 Å². The molecule has 0 bridgehead atoms. The third kappa shape index (κ3) is 2.84. The van der Waals surface area contributed by atoms with E-state index in [1.807, 2.05) is 31.2 Å². The van der Waals surface area contributed by atoms with Crippen LogP contribution in [0.4, 0.5) is 5.69 Å². The van der Waals surface area contributed by atoms with Crippen molar-refractivity contribution in [2.45, 2.75) is 32.6 Å². The number of hydrogen-bond acceptors (Lipinski definition) is 3. The highest BCUT2D eigenvalue weighted by molar-refractivity contribution is 5.97. The molecular formula is C17H21N3O2. The molecule has 1 aromatic heterocycles. The number of amides is 1. The summed E-state index contributed by atoms with van der Waals surface area (Å²) in [5.41, 5.74) is 3.31. The van der Waals surface area contributed by atoms with Crippen molar-refractivity contribution in [2.24, 2.45) is 5.92 Å². The number of rotatable bonds is 4. The molecule has 2 N–H and O–H groups in total. The van der Waals surface area contributed by atoms with Crippen molar-refractivity contribution in [2.75, 3.05) is 12.4 Å². The molecule has 1 aliphatic rings. The highest BCUT2D eigenvalue weighted by Gasteiger charge is 2.24. The lowest BCUT2D eigenvalue weighted by atomic mass is 10.1. The fourth-order valence-electron chi connectivity index (χ4n) is 2.97. The van der Waals surface area contributed by atoms with Crippen LogP contribution in [-0.4, -0.2) is 23.2 Å². The molecule has 22 heavy (non-hydrogen) atoms. The molecule has 0 saturated heterocycles. The van der Waals surface area contributed by atoms with Gasteiger partial charge in [0.05, 0.1) is 18.5 Å². The summed E-state index contributed by atoms with van der Waals surface area (Å²) in [5, 5.41) is 10.4. The molecular weight excluding hydrogens is 278 g/mol. The molecule has 5 heteroatoms. The molecule has 2 aromatic rings. The van der Waals surface area contributed by atoms with Gasteiger partial charge in [-0.25, -0.2) is 0 Å². The number of aromatic amines is 1. The van der Waals surface area contributed by atoms with E-state index in [2.05, 4.69) is 15.5 Å². The first-order chi connectivity index (χ1) is 10.7. The maximum atomic E-state index is 12.4. The van der Waals surface area contributed by atoms with Crippen LogP contribution in [-0.2, 0) is 4.79 Å². The molecule has 1 aliphatic carbocycles. The zero-order valence-electron chi connectivity index (χ0n) is 13.0. The van der Waals surface area contributed by atoms with Crippen LogP contribution in [0.15, 0.2) is 24.3 Å². The molecule has 1 heterocycles. The maximum absolute atomic E-state index is 12.4. The predicted octanol–water partition coefficient (Wildman–Crippen LogP) is 3.52. The van der Waals surface area contributed by atoms with Gasteiger partial charge in [-0.3, -0.25) is 9.89 Å². The Morgan fingerprint density at radius 3 is 2.86 bits per heavy atom. The number of aryl methyl sites for hydroxylation is 1. The normalized spacial score (nSPS) is 15.0. The first kappa shape index (κ1) is 14.6. The number of nitrogens with one attached hydrogen (secondary N) is 2. The summed E-state index contributed by atoms with van der Waals surface area (Å²) in [6, 6.07) is 7.69. The highest BCUT2D eigenvalue weighted by Crippen LogP contribution is 2.32. The zero-order valence-corrected chi connectivity index (χ0v) is 13.0. The first-order valence-corrected chi connectivity index (χ1v) is 7.69. The van der Waals surface area contributed by atoms with E-state index >= 15 is 0 Å². The Balaban J connectivity index is 1.88. The van der Waals surface area contributed by atoms with Crippen molar-refractivity contribution in [3.05, 3.63) is 30.0 Å². The van der Waals surface area contributed by atoms with Crippen LogP contribution >= 0.6 is 0 Å². The monoisotopic (exact) mass is 299 g/mol. The van der Waals surface area contributed by atoms with Gasteiger partial charge in [0.25, 0.3) is 0 Å². The number of aromatic nitrogens is 2. The van der Waals surface area contributed by atoms with Gasteiger partial charge in [-0.1, -0.05) is 25.0 Å². The number of ether oxygens (including phenoxy) is 1. The van der Waals surface area contributed by atoms with Gasteiger partial charge >= 0.3 is 0 Å². The van der Waals surface area contributed by atoms with Crippen molar-refractivity contribution < 1.29 is 9.53 Å². The molecule has 0 unspecified atom stereocenters. The van der Waals surface area contributed by atoms with Crippen molar-refractivity contribution in [1.82, 2.24) is 10.2 Å². The second-order valence-corrected chi connectivity index (χ2v) is 5.77. The lowest BCUT2D eigenvalue weighted by Gasteiger charge is -2.11. The molecule has 116 valence electrons. The topological polar surface area (TPSA) is 67.0 Å². The van der Waals surface area contributed by atoms with Gasteiger partial charge in [-0.15, -0.1) is 0 Å². The Kier molecular flexibility index (Phi) is 4.13. The molecule has 3 rings (SSSR count). The smallest absolute Gasteiger partial charge is 0.227 e.